The van der Waals surface area contributed by atoms with Gasteiger partial charge >= 0.3 is 5.97 Å². The second-order valence-corrected chi connectivity index (χ2v) is 4.48. The van der Waals surface area contributed by atoms with Crippen LogP contribution in [0.4, 0.5) is 0 Å². The maximum atomic E-state index is 11.1. The summed E-state index contributed by atoms with van der Waals surface area (Å²) in [4.78, 5) is 15.3. The number of carboxylic acid groups (broad SMARTS) is 1. The second-order valence-electron chi connectivity index (χ2n) is 4.48. The summed E-state index contributed by atoms with van der Waals surface area (Å²) in [6.07, 6.45) is 1.71. The minimum Gasteiger partial charge on any atom is -0.477 e. The fraction of sp³-hybridized carbons (Fsp3) is 0.417. The van der Waals surface area contributed by atoms with Gasteiger partial charge in [-0.2, -0.15) is 4.98 Å². The van der Waals surface area contributed by atoms with Crippen LogP contribution in [0.3, 0.4) is 0 Å². The predicted octanol–water partition coefficient (Wildman–Crippen LogP) is 2.05. The molecule has 2 aromatic heterocycles. The largest absolute Gasteiger partial charge is 0.477 e. The van der Waals surface area contributed by atoms with Crippen LogP contribution in [0.5, 0.6) is 0 Å². The molecule has 0 bridgehead atoms. The molecule has 0 aliphatic heterocycles. The van der Waals surface area contributed by atoms with Crippen LogP contribution in [0, 0.1) is 6.92 Å². The molecule has 2 rings (SSSR count). The summed E-state index contributed by atoms with van der Waals surface area (Å²) in [6, 6.07) is 1.76. The summed E-state index contributed by atoms with van der Waals surface area (Å²) >= 11 is 0. The van der Waals surface area contributed by atoms with Gasteiger partial charge in [0.2, 0.25) is 5.89 Å². The Balaban J connectivity index is 2.26. The van der Waals surface area contributed by atoms with Crippen molar-refractivity contribution < 1.29 is 14.4 Å². The van der Waals surface area contributed by atoms with Crippen LogP contribution in [-0.2, 0) is 6.54 Å². The van der Waals surface area contributed by atoms with Crippen LogP contribution in [0.15, 0.2) is 16.8 Å². The zero-order valence-corrected chi connectivity index (χ0v) is 10.5. The van der Waals surface area contributed by atoms with Gasteiger partial charge in [-0.1, -0.05) is 19.0 Å². The predicted molar refractivity (Wildman–Crippen MR) is 63.6 cm³/mol. The quantitative estimate of drug-likeness (QED) is 0.896. The molecule has 6 heteroatoms. The Labute approximate surface area is 104 Å². The summed E-state index contributed by atoms with van der Waals surface area (Å²) in [5, 5.41) is 13.0. The molecule has 0 aliphatic rings. The smallest absolute Gasteiger partial charge is 0.352 e. The molecular formula is C12H15N3O3. The summed E-state index contributed by atoms with van der Waals surface area (Å²) < 4.78 is 6.69. The van der Waals surface area contributed by atoms with Gasteiger partial charge in [-0.05, 0) is 18.6 Å². The fourth-order valence-electron chi connectivity index (χ4n) is 1.72. The van der Waals surface area contributed by atoms with Crippen molar-refractivity contribution in [3.05, 3.63) is 35.2 Å². The molecule has 0 saturated carbocycles. The van der Waals surface area contributed by atoms with Gasteiger partial charge in [-0.3, -0.25) is 0 Å². The third-order valence-corrected chi connectivity index (χ3v) is 2.66. The molecule has 2 heterocycles. The Kier molecular flexibility index (Phi) is 3.18. The van der Waals surface area contributed by atoms with E-state index in [1.807, 2.05) is 13.8 Å². The van der Waals surface area contributed by atoms with Gasteiger partial charge in [0.1, 0.15) is 5.69 Å². The number of nitrogens with zero attached hydrogens (tertiary/aromatic N) is 3. The summed E-state index contributed by atoms with van der Waals surface area (Å²) in [5.74, 6) is 0.254. The van der Waals surface area contributed by atoms with E-state index in [4.69, 9.17) is 9.63 Å². The highest BCUT2D eigenvalue weighted by atomic mass is 16.5. The molecule has 0 spiro atoms. The molecular weight excluding hydrogens is 234 g/mol. The van der Waals surface area contributed by atoms with Gasteiger partial charge in [0, 0.05) is 12.1 Å². The summed E-state index contributed by atoms with van der Waals surface area (Å²) in [6.45, 7) is 5.97. The van der Waals surface area contributed by atoms with Crippen LogP contribution >= 0.6 is 0 Å². The van der Waals surface area contributed by atoms with Gasteiger partial charge in [0.15, 0.2) is 5.82 Å². The van der Waals surface area contributed by atoms with Gasteiger partial charge in [-0.25, -0.2) is 4.79 Å². The first kappa shape index (κ1) is 12.3. The molecule has 0 unspecified atom stereocenters. The monoisotopic (exact) mass is 249 g/mol. The van der Waals surface area contributed by atoms with Gasteiger partial charge in [0.25, 0.3) is 0 Å². The van der Waals surface area contributed by atoms with E-state index < -0.39 is 5.97 Å². The topological polar surface area (TPSA) is 81.2 Å². The van der Waals surface area contributed by atoms with Crippen LogP contribution < -0.4 is 0 Å². The number of carbonyl (C=O) groups is 1. The minimum atomic E-state index is -0.954. The highest BCUT2D eigenvalue weighted by Gasteiger charge is 2.16. The lowest BCUT2D eigenvalue weighted by Gasteiger charge is -2.03. The van der Waals surface area contributed by atoms with Crippen molar-refractivity contribution in [2.45, 2.75) is 33.2 Å². The normalized spacial score (nSPS) is 11.1. The lowest BCUT2D eigenvalue weighted by Crippen LogP contribution is -2.10. The molecule has 0 aliphatic carbocycles. The van der Waals surface area contributed by atoms with Crippen LogP contribution in [0.1, 0.15) is 47.5 Å². The Morgan fingerprint density at radius 2 is 2.28 bits per heavy atom. The molecule has 2 aromatic rings. The Hall–Kier alpha value is -2.11. The first-order valence-corrected chi connectivity index (χ1v) is 5.70. The van der Waals surface area contributed by atoms with E-state index in [2.05, 4.69) is 10.1 Å². The van der Waals surface area contributed by atoms with Crippen molar-refractivity contribution in [3.8, 4) is 0 Å². The molecule has 0 radical (unpaired) electrons. The number of hydrogen-bond donors (Lipinski definition) is 1. The molecule has 6 nitrogen and oxygen atoms in total. The molecule has 0 amide bonds. The van der Waals surface area contributed by atoms with Crippen molar-refractivity contribution in [2.75, 3.05) is 0 Å². The fourth-order valence-corrected chi connectivity index (χ4v) is 1.72. The summed E-state index contributed by atoms with van der Waals surface area (Å²) in [7, 11) is 0. The van der Waals surface area contributed by atoms with Crippen LogP contribution in [-0.4, -0.2) is 25.8 Å². The highest BCUT2D eigenvalue weighted by Crippen LogP contribution is 2.14. The lowest BCUT2D eigenvalue weighted by atomic mass is 10.2. The molecule has 0 saturated heterocycles. The Morgan fingerprint density at radius 3 is 2.83 bits per heavy atom. The third-order valence-electron chi connectivity index (χ3n) is 2.66. The second kappa shape index (κ2) is 4.64. The average Bonchev–Trinajstić information content (AvgIpc) is 2.86. The number of aryl methyl sites for hydroxylation is 1. The van der Waals surface area contributed by atoms with Crippen LogP contribution in [0.2, 0.25) is 0 Å². The van der Waals surface area contributed by atoms with Crippen molar-refractivity contribution in [1.82, 2.24) is 14.7 Å². The number of carboxylic acids is 1. The van der Waals surface area contributed by atoms with Crippen molar-refractivity contribution in [1.29, 1.82) is 0 Å². The first-order chi connectivity index (χ1) is 8.49. The average molecular weight is 249 g/mol. The van der Waals surface area contributed by atoms with E-state index in [9.17, 15) is 4.79 Å². The molecule has 1 N–H and O–H groups in total. The molecule has 0 aromatic carbocycles. The zero-order valence-electron chi connectivity index (χ0n) is 10.5. The van der Waals surface area contributed by atoms with Crippen molar-refractivity contribution in [3.63, 3.8) is 0 Å². The first-order valence-electron chi connectivity index (χ1n) is 5.70. The molecule has 0 atom stereocenters. The van der Waals surface area contributed by atoms with Gasteiger partial charge < -0.3 is 14.2 Å². The van der Waals surface area contributed by atoms with Crippen LogP contribution in [0.25, 0.3) is 0 Å². The molecule has 96 valence electrons. The Bertz CT molecular complexity index is 569. The van der Waals surface area contributed by atoms with E-state index in [1.54, 1.807) is 23.8 Å². The maximum absolute atomic E-state index is 11.1. The van der Waals surface area contributed by atoms with E-state index in [0.717, 1.165) is 5.56 Å². The van der Waals surface area contributed by atoms with Gasteiger partial charge in [-0.15, -0.1) is 0 Å². The van der Waals surface area contributed by atoms with Crippen molar-refractivity contribution in [2.24, 2.45) is 0 Å². The molecule has 18 heavy (non-hydrogen) atoms. The summed E-state index contributed by atoms with van der Waals surface area (Å²) in [5.41, 5.74) is 0.973. The maximum Gasteiger partial charge on any atom is 0.352 e. The van der Waals surface area contributed by atoms with E-state index in [-0.39, 0.29) is 11.6 Å². The van der Waals surface area contributed by atoms with E-state index in [0.29, 0.717) is 18.3 Å². The lowest BCUT2D eigenvalue weighted by molar-refractivity contribution is 0.0684. The highest BCUT2D eigenvalue weighted by molar-refractivity contribution is 5.87. The standard InChI is InChI=1S/C12H15N3O3/c1-7(2)11-13-9(14-18-11)6-15-5-4-8(3)10(15)12(16)17/h4-5,7H,6H2,1-3H3,(H,16,17). The van der Waals surface area contributed by atoms with E-state index >= 15 is 0 Å². The SMILES string of the molecule is Cc1ccn(Cc2noc(C(C)C)n2)c1C(=O)O. The number of rotatable bonds is 4. The number of aromatic nitrogens is 3. The number of aromatic carboxylic acids is 1. The Morgan fingerprint density at radius 1 is 1.56 bits per heavy atom. The van der Waals surface area contributed by atoms with Gasteiger partial charge in [0.05, 0.1) is 6.54 Å². The van der Waals surface area contributed by atoms with E-state index in [1.165, 1.54) is 0 Å². The minimum absolute atomic E-state index is 0.164. The zero-order chi connectivity index (χ0) is 13.3. The van der Waals surface area contributed by atoms with Crippen molar-refractivity contribution >= 4 is 5.97 Å². The third kappa shape index (κ3) is 2.27. The molecule has 0 fully saturated rings. The number of hydrogen-bond acceptors (Lipinski definition) is 4.